The molecule has 10 heteroatoms. The molecule has 0 radical (unpaired) electrons. The summed E-state index contributed by atoms with van der Waals surface area (Å²) in [6.45, 7) is 0.0183. The van der Waals surface area contributed by atoms with Crippen molar-refractivity contribution in [2.75, 3.05) is 38.1 Å². The molecule has 1 amide bonds. The standard InChI is InChI=1S/C15H17F3N6O/c1-22(12-2-5-23(14(12)25)9-15(16,17)18)10-7-24(8-10)13-11(6-19)20-3-4-21-13/h3-4,10,12H,2,5,7-9H2,1H3. The van der Waals surface area contributed by atoms with Gasteiger partial charge in [0.1, 0.15) is 12.6 Å². The number of aromatic nitrogens is 2. The molecule has 0 bridgehead atoms. The number of carbonyl (C=O) groups excluding carboxylic acids is 1. The molecule has 0 saturated carbocycles. The fourth-order valence-corrected chi connectivity index (χ4v) is 3.26. The van der Waals surface area contributed by atoms with Crippen molar-refractivity contribution in [2.45, 2.75) is 24.7 Å². The Bertz CT molecular complexity index is 697. The molecule has 3 rings (SSSR count). The first-order valence-electron chi connectivity index (χ1n) is 7.83. The molecule has 2 aliphatic heterocycles. The molecule has 0 N–H and O–H groups in total. The largest absolute Gasteiger partial charge is 0.406 e. The van der Waals surface area contributed by atoms with Crippen LogP contribution in [0.1, 0.15) is 12.1 Å². The summed E-state index contributed by atoms with van der Waals surface area (Å²) in [5.41, 5.74) is 0.233. The molecule has 0 aromatic carbocycles. The van der Waals surface area contributed by atoms with Crippen LogP contribution in [0.4, 0.5) is 19.0 Å². The lowest BCUT2D eigenvalue weighted by molar-refractivity contribution is -0.159. The van der Waals surface area contributed by atoms with Crippen molar-refractivity contribution in [3.05, 3.63) is 18.1 Å². The summed E-state index contributed by atoms with van der Waals surface area (Å²) in [5.74, 6) is 0.0154. The number of carbonyl (C=O) groups is 1. The first-order valence-corrected chi connectivity index (χ1v) is 7.83. The number of rotatable bonds is 4. The van der Waals surface area contributed by atoms with E-state index < -0.39 is 24.7 Å². The molecule has 0 aliphatic carbocycles. The minimum Gasteiger partial charge on any atom is -0.351 e. The fourth-order valence-electron chi connectivity index (χ4n) is 3.26. The normalized spacial score (nSPS) is 21.6. The average molecular weight is 354 g/mol. The van der Waals surface area contributed by atoms with Crippen molar-refractivity contribution in [3.8, 4) is 6.07 Å². The monoisotopic (exact) mass is 354 g/mol. The molecule has 2 fully saturated rings. The Morgan fingerprint density at radius 3 is 2.68 bits per heavy atom. The van der Waals surface area contributed by atoms with E-state index in [4.69, 9.17) is 5.26 Å². The maximum absolute atomic E-state index is 12.5. The second-order valence-corrected chi connectivity index (χ2v) is 6.24. The number of nitriles is 1. The quantitative estimate of drug-likeness (QED) is 0.790. The Labute approximate surface area is 142 Å². The lowest BCUT2D eigenvalue weighted by Crippen LogP contribution is -2.62. The molecule has 3 heterocycles. The van der Waals surface area contributed by atoms with Gasteiger partial charge in [-0.05, 0) is 13.5 Å². The van der Waals surface area contributed by atoms with E-state index in [0.29, 0.717) is 25.3 Å². The van der Waals surface area contributed by atoms with E-state index in [-0.39, 0.29) is 18.3 Å². The summed E-state index contributed by atoms with van der Waals surface area (Å²) in [5, 5.41) is 9.06. The molecule has 25 heavy (non-hydrogen) atoms. The Balaban J connectivity index is 1.58. The van der Waals surface area contributed by atoms with Gasteiger partial charge in [0.05, 0.1) is 6.04 Å². The molecule has 1 unspecified atom stereocenters. The van der Waals surface area contributed by atoms with Gasteiger partial charge in [0.25, 0.3) is 0 Å². The van der Waals surface area contributed by atoms with Crippen molar-refractivity contribution < 1.29 is 18.0 Å². The summed E-state index contributed by atoms with van der Waals surface area (Å²) in [6, 6.07) is 1.47. The zero-order chi connectivity index (χ0) is 18.2. The maximum atomic E-state index is 12.5. The van der Waals surface area contributed by atoms with Gasteiger partial charge in [0.15, 0.2) is 11.5 Å². The lowest BCUT2D eigenvalue weighted by Gasteiger charge is -2.46. The Morgan fingerprint density at radius 2 is 2.04 bits per heavy atom. The van der Waals surface area contributed by atoms with Crippen LogP contribution in [0.3, 0.4) is 0 Å². The third-order valence-electron chi connectivity index (χ3n) is 4.65. The maximum Gasteiger partial charge on any atom is 0.406 e. The number of hydrogen-bond acceptors (Lipinski definition) is 6. The highest BCUT2D eigenvalue weighted by molar-refractivity contribution is 5.84. The van der Waals surface area contributed by atoms with Crippen LogP contribution in [0.25, 0.3) is 0 Å². The van der Waals surface area contributed by atoms with Crippen LogP contribution in [0.2, 0.25) is 0 Å². The van der Waals surface area contributed by atoms with Gasteiger partial charge in [0, 0.05) is 38.1 Å². The summed E-state index contributed by atoms with van der Waals surface area (Å²) >= 11 is 0. The third kappa shape index (κ3) is 3.51. The molecule has 1 aromatic heterocycles. The molecular weight excluding hydrogens is 337 g/mol. The smallest absolute Gasteiger partial charge is 0.351 e. The Hall–Kier alpha value is -2.41. The van der Waals surface area contributed by atoms with E-state index in [1.165, 1.54) is 12.4 Å². The molecule has 0 spiro atoms. The Kier molecular flexibility index (Phi) is 4.51. The van der Waals surface area contributed by atoms with Gasteiger partial charge < -0.3 is 9.80 Å². The van der Waals surface area contributed by atoms with E-state index in [9.17, 15) is 18.0 Å². The number of amides is 1. The molecule has 134 valence electrons. The summed E-state index contributed by atoms with van der Waals surface area (Å²) in [7, 11) is 1.75. The van der Waals surface area contributed by atoms with Crippen LogP contribution in [-0.2, 0) is 4.79 Å². The number of halogens is 3. The van der Waals surface area contributed by atoms with Gasteiger partial charge in [-0.15, -0.1) is 0 Å². The number of hydrogen-bond donors (Lipinski definition) is 0. The molecule has 7 nitrogen and oxygen atoms in total. The van der Waals surface area contributed by atoms with Crippen molar-refractivity contribution in [3.63, 3.8) is 0 Å². The van der Waals surface area contributed by atoms with Crippen LogP contribution >= 0.6 is 0 Å². The molecule has 2 aliphatic rings. The van der Waals surface area contributed by atoms with E-state index in [0.717, 1.165) is 4.90 Å². The van der Waals surface area contributed by atoms with E-state index in [2.05, 4.69) is 9.97 Å². The predicted molar refractivity (Wildman–Crippen MR) is 81.6 cm³/mol. The molecule has 1 atom stereocenters. The average Bonchev–Trinajstić information content (AvgIpc) is 2.85. The van der Waals surface area contributed by atoms with Gasteiger partial charge in [-0.1, -0.05) is 0 Å². The summed E-state index contributed by atoms with van der Waals surface area (Å²) in [6.07, 6.45) is -1.05. The lowest BCUT2D eigenvalue weighted by atomic mass is 10.0. The van der Waals surface area contributed by atoms with Crippen LogP contribution in [0, 0.1) is 11.3 Å². The van der Waals surface area contributed by atoms with Crippen LogP contribution in [0.5, 0.6) is 0 Å². The van der Waals surface area contributed by atoms with E-state index in [1.807, 2.05) is 15.9 Å². The molecular formula is C15H17F3N6O. The van der Waals surface area contributed by atoms with Crippen molar-refractivity contribution >= 4 is 11.7 Å². The number of anilines is 1. The highest BCUT2D eigenvalue weighted by Gasteiger charge is 2.44. The van der Waals surface area contributed by atoms with Gasteiger partial charge in [-0.2, -0.15) is 18.4 Å². The number of likely N-dealkylation sites (N-methyl/N-ethyl adjacent to an activating group) is 1. The molecule has 1 aromatic rings. The topological polar surface area (TPSA) is 76.4 Å². The van der Waals surface area contributed by atoms with Crippen LogP contribution in [0.15, 0.2) is 12.4 Å². The first-order chi connectivity index (χ1) is 11.8. The van der Waals surface area contributed by atoms with Gasteiger partial charge in [-0.3, -0.25) is 9.69 Å². The minimum atomic E-state index is -4.38. The van der Waals surface area contributed by atoms with Gasteiger partial charge in [0.2, 0.25) is 5.91 Å². The highest BCUT2D eigenvalue weighted by atomic mass is 19.4. The fraction of sp³-hybridized carbons (Fsp3) is 0.600. The number of nitrogens with zero attached hydrogens (tertiary/aromatic N) is 6. The SMILES string of the molecule is CN(C1CN(c2nccnc2C#N)C1)C1CCN(CC(F)(F)F)C1=O. The minimum absolute atomic E-state index is 0.0216. The highest BCUT2D eigenvalue weighted by Crippen LogP contribution is 2.28. The summed E-state index contributed by atoms with van der Waals surface area (Å²) < 4.78 is 37.5. The molecule has 2 saturated heterocycles. The van der Waals surface area contributed by atoms with Gasteiger partial charge >= 0.3 is 6.18 Å². The van der Waals surface area contributed by atoms with Crippen molar-refractivity contribution in [1.29, 1.82) is 5.26 Å². The number of likely N-dealkylation sites (tertiary alicyclic amines) is 1. The summed E-state index contributed by atoms with van der Waals surface area (Å²) in [4.78, 5) is 24.9. The second kappa shape index (κ2) is 6.48. The Morgan fingerprint density at radius 1 is 1.36 bits per heavy atom. The van der Waals surface area contributed by atoms with E-state index >= 15 is 0 Å². The van der Waals surface area contributed by atoms with E-state index in [1.54, 1.807) is 7.05 Å². The van der Waals surface area contributed by atoms with Crippen molar-refractivity contribution in [2.24, 2.45) is 0 Å². The third-order valence-corrected chi connectivity index (χ3v) is 4.65. The van der Waals surface area contributed by atoms with Crippen LogP contribution < -0.4 is 4.90 Å². The second-order valence-electron chi connectivity index (χ2n) is 6.24. The first kappa shape index (κ1) is 17.4. The van der Waals surface area contributed by atoms with Gasteiger partial charge in [-0.25, -0.2) is 9.97 Å². The predicted octanol–water partition coefficient (Wildman–Crippen LogP) is 0.632. The van der Waals surface area contributed by atoms with Crippen LogP contribution in [-0.4, -0.2) is 77.2 Å². The van der Waals surface area contributed by atoms with Crippen molar-refractivity contribution in [1.82, 2.24) is 19.8 Å². The zero-order valence-electron chi connectivity index (χ0n) is 13.6. The number of alkyl halides is 3. The zero-order valence-corrected chi connectivity index (χ0v) is 13.6.